The van der Waals surface area contributed by atoms with E-state index in [9.17, 15) is 4.21 Å². The monoisotopic (exact) mass is 130 g/mol. The average molecular weight is 130 g/mol. The van der Waals surface area contributed by atoms with E-state index in [1.165, 1.54) is 12.8 Å². The summed E-state index contributed by atoms with van der Waals surface area (Å²) in [5, 5.41) is 0. The molecule has 45 valence electrons. The molecule has 1 aliphatic rings. The van der Waals surface area contributed by atoms with Crippen LogP contribution in [0.25, 0.3) is 0 Å². The van der Waals surface area contributed by atoms with Crippen molar-refractivity contribution >= 4 is 11.7 Å². The Balaban J connectivity index is 2.52. The van der Waals surface area contributed by atoms with Crippen molar-refractivity contribution in [3.63, 3.8) is 0 Å². The van der Waals surface area contributed by atoms with Crippen LogP contribution in [0.2, 0.25) is 0 Å². The zero-order valence-corrected chi connectivity index (χ0v) is 5.67. The lowest BCUT2D eigenvalue weighted by Crippen LogP contribution is -2.17. The van der Waals surface area contributed by atoms with Gasteiger partial charge in [-0.3, -0.25) is 0 Å². The lowest BCUT2D eigenvalue weighted by Gasteiger charge is -1.95. The number of hydrogen-bond acceptors (Lipinski definition) is 1. The zero-order valence-electron chi connectivity index (χ0n) is 4.85. The summed E-state index contributed by atoms with van der Waals surface area (Å²) < 4.78 is 10.2. The molecule has 0 saturated heterocycles. The predicted octanol–water partition coefficient (Wildman–Crippen LogP) is 1.56. The first kappa shape index (κ1) is 6.14. The van der Waals surface area contributed by atoms with Gasteiger partial charge >= 0.3 is 11.7 Å². The van der Waals surface area contributed by atoms with Gasteiger partial charge in [0.05, 0.1) is 0 Å². The first-order valence-electron chi connectivity index (χ1n) is 2.93. The predicted molar refractivity (Wildman–Crippen MR) is 34.6 cm³/mol. The maximum Gasteiger partial charge on any atom is 0.465 e. The minimum absolute atomic E-state index is 0.153. The lowest BCUT2D eigenvalue weighted by molar-refractivity contribution is 0.583. The third-order valence-electron chi connectivity index (χ3n) is 1.69. The van der Waals surface area contributed by atoms with E-state index in [2.05, 4.69) is 6.92 Å². The largest absolute Gasteiger partial charge is 0.465 e. The van der Waals surface area contributed by atoms with Crippen LogP contribution in [-0.4, -0.2) is 4.75 Å². The average Bonchev–Trinajstić information content (AvgIpc) is 2.17. The molecule has 1 saturated carbocycles. The Morgan fingerprint density at radius 3 is 2.12 bits per heavy atom. The van der Waals surface area contributed by atoms with Gasteiger partial charge in [-0.05, 0) is 12.8 Å². The molecule has 0 aromatic heterocycles. The van der Waals surface area contributed by atoms with Gasteiger partial charge < -0.3 is 0 Å². The van der Waals surface area contributed by atoms with Crippen molar-refractivity contribution in [2.75, 3.05) is 0 Å². The Morgan fingerprint density at radius 1 is 1.38 bits per heavy atom. The van der Waals surface area contributed by atoms with Gasteiger partial charge in [0.25, 0.3) is 0 Å². The van der Waals surface area contributed by atoms with Crippen LogP contribution in [0, 0.1) is 6.92 Å². The van der Waals surface area contributed by atoms with Crippen LogP contribution in [0.5, 0.6) is 0 Å². The summed E-state index contributed by atoms with van der Waals surface area (Å²) in [4.78, 5) is 0. The van der Waals surface area contributed by atoms with Crippen molar-refractivity contribution in [3.05, 3.63) is 6.92 Å². The van der Waals surface area contributed by atoms with E-state index in [1.807, 2.05) is 0 Å². The van der Waals surface area contributed by atoms with E-state index in [4.69, 9.17) is 0 Å². The van der Waals surface area contributed by atoms with E-state index in [-0.39, 0.29) is 4.75 Å². The Kier molecular flexibility index (Phi) is 1.61. The molecule has 0 amide bonds. The summed E-state index contributed by atoms with van der Waals surface area (Å²) in [5.74, 6) is 0. The minimum Gasteiger partial charge on any atom is -0.0472 e. The quantitative estimate of drug-likeness (QED) is 0.492. The summed E-state index contributed by atoms with van der Waals surface area (Å²) in [5.41, 5.74) is 0. The maximum atomic E-state index is 10.3. The van der Waals surface area contributed by atoms with Gasteiger partial charge in [0.15, 0.2) is 0 Å². The van der Waals surface area contributed by atoms with E-state index in [0.717, 1.165) is 12.8 Å². The van der Waals surface area contributed by atoms with Crippen molar-refractivity contribution < 1.29 is 4.21 Å². The van der Waals surface area contributed by atoms with Crippen molar-refractivity contribution in [3.8, 4) is 0 Å². The van der Waals surface area contributed by atoms with Crippen molar-refractivity contribution in [2.45, 2.75) is 30.4 Å². The van der Waals surface area contributed by atoms with Gasteiger partial charge in [0.2, 0.25) is 4.75 Å². The number of rotatable bonds is 1. The smallest absolute Gasteiger partial charge is 0.0472 e. The highest BCUT2D eigenvalue weighted by Gasteiger charge is 2.41. The van der Waals surface area contributed by atoms with E-state index in [0.29, 0.717) is 11.7 Å². The molecule has 1 nitrogen and oxygen atoms in total. The van der Waals surface area contributed by atoms with Crippen molar-refractivity contribution in [1.29, 1.82) is 0 Å². The third-order valence-corrected chi connectivity index (χ3v) is 2.45. The fraction of sp³-hybridized carbons (Fsp3) is 0.833. The molecule has 0 atom stereocenters. The highest BCUT2D eigenvalue weighted by atomic mass is 32.1. The molecule has 0 bridgehead atoms. The molecule has 0 N–H and O–H groups in total. The first-order valence-corrected chi connectivity index (χ1v) is 3.67. The highest BCUT2D eigenvalue weighted by molar-refractivity contribution is 7.67. The molecule has 8 heavy (non-hydrogen) atoms. The molecule has 0 aromatic carbocycles. The fourth-order valence-corrected chi connectivity index (χ4v) is 1.56. The lowest BCUT2D eigenvalue weighted by atomic mass is 10.1. The molecule has 0 spiro atoms. The van der Waals surface area contributed by atoms with Crippen molar-refractivity contribution in [1.82, 2.24) is 0 Å². The van der Waals surface area contributed by atoms with Crippen LogP contribution in [0.3, 0.4) is 0 Å². The van der Waals surface area contributed by atoms with Crippen LogP contribution in [0.1, 0.15) is 25.7 Å². The van der Waals surface area contributed by atoms with Crippen molar-refractivity contribution in [2.24, 2.45) is 0 Å². The van der Waals surface area contributed by atoms with Crippen LogP contribution < -0.4 is 0 Å². The second-order valence-electron chi connectivity index (χ2n) is 2.47. The second-order valence-corrected chi connectivity index (χ2v) is 3.51. The SMILES string of the molecule is [CH2]C1([S+]=O)CCCC1. The maximum absolute atomic E-state index is 10.3. The molecular weight excluding hydrogens is 120 g/mol. The Hall–Kier alpha value is 0.0200. The van der Waals surface area contributed by atoms with Gasteiger partial charge in [-0.1, -0.05) is 0 Å². The van der Waals surface area contributed by atoms with E-state index in [1.54, 1.807) is 0 Å². The van der Waals surface area contributed by atoms with Gasteiger partial charge in [-0.2, -0.15) is 0 Å². The van der Waals surface area contributed by atoms with Gasteiger partial charge in [0, 0.05) is 24.0 Å². The highest BCUT2D eigenvalue weighted by Crippen LogP contribution is 2.30. The Labute approximate surface area is 54.0 Å². The van der Waals surface area contributed by atoms with E-state index < -0.39 is 0 Å². The number of hydrogen-bond donors (Lipinski definition) is 0. The van der Waals surface area contributed by atoms with Crippen LogP contribution in [-0.2, 0) is 15.9 Å². The van der Waals surface area contributed by atoms with Gasteiger partial charge in [0.1, 0.15) is 0 Å². The van der Waals surface area contributed by atoms with Crippen LogP contribution >= 0.6 is 0 Å². The van der Waals surface area contributed by atoms with Gasteiger partial charge in [-0.15, -0.1) is 0 Å². The topological polar surface area (TPSA) is 17.1 Å². The van der Waals surface area contributed by atoms with Crippen LogP contribution in [0.15, 0.2) is 0 Å². The van der Waals surface area contributed by atoms with Crippen LogP contribution in [0.4, 0.5) is 0 Å². The minimum atomic E-state index is -0.153. The molecule has 0 unspecified atom stereocenters. The summed E-state index contributed by atoms with van der Waals surface area (Å²) in [6.45, 7) is 3.84. The first-order chi connectivity index (χ1) is 3.77. The molecule has 0 aliphatic heterocycles. The third kappa shape index (κ3) is 1.05. The molecular formula is C6H10OS+. The summed E-state index contributed by atoms with van der Waals surface area (Å²) >= 11 is 0.674. The summed E-state index contributed by atoms with van der Waals surface area (Å²) in [6.07, 6.45) is 4.42. The fourth-order valence-electron chi connectivity index (χ4n) is 1.10. The summed E-state index contributed by atoms with van der Waals surface area (Å²) in [6, 6.07) is 0. The Bertz CT molecular complexity index is 94.7. The molecule has 1 radical (unpaired) electrons. The normalized spacial score (nSPS) is 25.6. The van der Waals surface area contributed by atoms with Gasteiger partial charge in [-0.25, -0.2) is 0 Å². The standard InChI is InChI=1S/C6H10OS/c1-6(8-7)4-2-3-5-6/h1-5H2/q+1. The molecule has 1 rings (SSSR count). The molecule has 2 heteroatoms. The zero-order chi connectivity index (χ0) is 6.04. The molecule has 1 fully saturated rings. The molecule has 0 aromatic rings. The Morgan fingerprint density at radius 2 is 1.88 bits per heavy atom. The molecule has 0 heterocycles. The second kappa shape index (κ2) is 2.09. The van der Waals surface area contributed by atoms with E-state index >= 15 is 0 Å². The molecule has 1 aliphatic carbocycles. The summed E-state index contributed by atoms with van der Waals surface area (Å²) in [7, 11) is 0.